The highest BCUT2D eigenvalue weighted by Gasteiger charge is 2.51. The van der Waals surface area contributed by atoms with Crippen LogP contribution in [-0.2, 0) is 9.59 Å². The number of benzene rings is 1. The predicted molar refractivity (Wildman–Crippen MR) is 112 cm³/mol. The third-order valence-electron chi connectivity index (χ3n) is 5.40. The number of carbonyl (C=O) groups is 3. The fourth-order valence-corrected chi connectivity index (χ4v) is 3.92. The number of hydrogen-bond donors (Lipinski definition) is 0. The van der Waals surface area contributed by atoms with Crippen LogP contribution in [0.4, 0.5) is 0 Å². The molecular weight excluding hydrogens is 382 g/mol. The summed E-state index contributed by atoms with van der Waals surface area (Å²) in [6.45, 7) is 3.01. The normalized spacial score (nSPS) is 18.9. The largest absolute Gasteiger partial charge is 0.496 e. The fourth-order valence-electron chi connectivity index (χ4n) is 3.92. The smallest absolute Gasteiger partial charge is 0.291 e. The van der Waals surface area contributed by atoms with Gasteiger partial charge < -0.3 is 14.5 Å². The van der Waals surface area contributed by atoms with E-state index in [1.54, 1.807) is 43.8 Å². The van der Waals surface area contributed by atoms with Gasteiger partial charge in [0.2, 0.25) is 5.78 Å². The molecule has 30 heavy (non-hydrogen) atoms. The Morgan fingerprint density at radius 1 is 1.23 bits per heavy atom. The maximum Gasteiger partial charge on any atom is 0.291 e. The molecule has 3 rings (SSSR count). The predicted octanol–water partition coefficient (Wildman–Crippen LogP) is 2.30. The minimum atomic E-state index is -1.09. The Hall–Kier alpha value is -3.06. The molecule has 0 N–H and O–H groups in total. The molecule has 0 aliphatic carbocycles. The van der Waals surface area contributed by atoms with Gasteiger partial charge in [0, 0.05) is 24.5 Å². The number of pyridine rings is 1. The summed E-state index contributed by atoms with van der Waals surface area (Å²) in [5.74, 6) is -2.05. The first-order valence-corrected chi connectivity index (χ1v) is 9.93. The van der Waals surface area contributed by atoms with E-state index >= 15 is 0 Å². The minimum absolute atomic E-state index is 0.358. The second-order valence-corrected chi connectivity index (χ2v) is 7.78. The van der Waals surface area contributed by atoms with Gasteiger partial charge in [0.05, 0.1) is 13.2 Å². The summed E-state index contributed by atoms with van der Waals surface area (Å²) in [6.07, 6.45) is 3.95. The average Bonchev–Trinajstić information content (AvgIpc) is 2.98. The summed E-state index contributed by atoms with van der Waals surface area (Å²) in [4.78, 5) is 46.9. The molecule has 2 unspecified atom stereocenters. The zero-order valence-electron chi connectivity index (χ0n) is 17.8. The molecule has 0 radical (unpaired) electrons. The summed E-state index contributed by atoms with van der Waals surface area (Å²) in [7, 11) is 5.47. The number of Topliss-reactive ketones (excluding diaryl/α,β-unsaturated/α-hetero) is 2. The van der Waals surface area contributed by atoms with Crippen molar-refractivity contribution in [2.45, 2.75) is 19.4 Å². The number of amides is 1. The second kappa shape index (κ2) is 9.17. The van der Waals surface area contributed by atoms with Gasteiger partial charge in [0.25, 0.3) is 5.91 Å². The van der Waals surface area contributed by atoms with Crippen molar-refractivity contribution in [1.82, 2.24) is 14.8 Å². The van der Waals surface area contributed by atoms with Crippen LogP contribution >= 0.6 is 0 Å². The number of hydrogen-bond acceptors (Lipinski definition) is 6. The first-order chi connectivity index (χ1) is 14.3. The fraction of sp³-hybridized carbons (Fsp3) is 0.391. The molecule has 1 aliphatic rings. The van der Waals surface area contributed by atoms with Gasteiger partial charge in [0.1, 0.15) is 11.7 Å². The lowest BCUT2D eigenvalue weighted by Crippen LogP contribution is -2.33. The number of nitrogens with zero attached hydrogens (tertiary/aromatic N) is 3. The van der Waals surface area contributed by atoms with Crippen LogP contribution in [-0.4, -0.2) is 66.6 Å². The Kier molecular flexibility index (Phi) is 6.62. The van der Waals surface area contributed by atoms with Crippen molar-refractivity contribution in [1.29, 1.82) is 0 Å². The van der Waals surface area contributed by atoms with Crippen molar-refractivity contribution >= 4 is 17.5 Å². The number of carbonyl (C=O) groups excluding carboxylic acids is 3. The van der Waals surface area contributed by atoms with Crippen LogP contribution in [0.3, 0.4) is 0 Å². The molecule has 1 aliphatic heterocycles. The lowest BCUT2D eigenvalue weighted by Gasteiger charge is -2.27. The highest BCUT2D eigenvalue weighted by Crippen LogP contribution is 2.38. The Balaban J connectivity index is 1.98. The quantitative estimate of drug-likeness (QED) is 0.378. The standard InChI is InChI=1S/C23H27N3O4/c1-15-13-16(8-9-18(15)30-4)21(27)19-20(17-7-5-10-24-14-17)26(23(29)22(19)28)12-6-11-25(2)3/h5,7-10,13-14,19-20H,6,11-12H2,1-4H3. The van der Waals surface area contributed by atoms with E-state index < -0.39 is 23.7 Å². The Labute approximate surface area is 176 Å². The van der Waals surface area contributed by atoms with Gasteiger partial charge in [-0.2, -0.15) is 0 Å². The van der Waals surface area contributed by atoms with E-state index in [2.05, 4.69) is 4.98 Å². The topological polar surface area (TPSA) is 79.8 Å². The van der Waals surface area contributed by atoms with Crippen molar-refractivity contribution < 1.29 is 19.1 Å². The summed E-state index contributed by atoms with van der Waals surface area (Å²) < 4.78 is 5.26. The Morgan fingerprint density at radius 2 is 2.00 bits per heavy atom. The molecule has 7 nitrogen and oxygen atoms in total. The lowest BCUT2D eigenvalue weighted by atomic mass is 9.86. The van der Waals surface area contributed by atoms with Crippen molar-refractivity contribution in [3.8, 4) is 5.75 Å². The van der Waals surface area contributed by atoms with Crippen LogP contribution < -0.4 is 4.74 Å². The van der Waals surface area contributed by atoms with Gasteiger partial charge in [-0.25, -0.2) is 0 Å². The number of methoxy groups -OCH3 is 1. The molecule has 1 aromatic carbocycles. The molecule has 1 aromatic heterocycles. The van der Waals surface area contributed by atoms with Crippen LogP contribution in [0.5, 0.6) is 5.75 Å². The van der Waals surface area contributed by atoms with E-state index in [4.69, 9.17) is 4.74 Å². The number of likely N-dealkylation sites (tertiary alicyclic amines) is 1. The summed E-state index contributed by atoms with van der Waals surface area (Å²) in [5.41, 5.74) is 1.87. The summed E-state index contributed by atoms with van der Waals surface area (Å²) >= 11 is 0. The van der Waals surface area contributed by atoms with Crippen LogP contribution in [0.2, 0.25) is 0 Å². The third kappa shape index (κ3) is 4.26. The van der Waals surface area contributed by atoms with E-state index in [9.17, 15) is 14.4 Å². The van der Waals surface area contributed by atoms with Crippen molar-refractivity contribution in [2.75, 3.05) is 34.3 Å². The van der Waals surface area contributed by atoms with Crippen LogP contribution in [0.15, 0.2) is 42.7 Å². The van der Waals surface area contributed by atoms with Crippen LogP contribution in [0.1, 0.15) is 33.9 Å². The molecule has 1 amide bonds. The van der Waals surface area contributed by atoms with E-state index in [0.29, 0.717) is 29.8 Å². The molecule has 0 spiro atoms. The second-order valence-electron chi connectivity index (χ2n) is 7.78. The first-order valence-electron chi connectivity index (χ1n) is 9.93. The summed E-state index contributed by atoms with van der Waals surface area (Å²) in [5, 5.41) is 0. The van der Waals surface area contributed by atoms with E-state index in [1.807, 2.05) is 32.0 Å². The van der Waals surface area contributed by atoms with Gasteiger partial charge in [-0.1, -0.05) is 6.07 Å². The highest BCUT2D eigenvalue weighted by atomic mass is 16.5. The van der Waals surface area contributed by atoms with Crippen molar-refractivity contribution in [2.24, 2.45) is 5.92 Å². The van der Waals surface area contributed by atoms with Gasteiger partial charge >= 0.3 is 0 Å². The molecule has 2 heterocycles. The van der Waals surface area contributed by atoms with E-state index in [-0.39, 0.29) is 5.78 Å². The van der Waals surface area contributed by atoms with Crippen LogP contribution in [0.25, 0.3) is 0 Å². The Morgan fingerprint density at radius 3 is 2.60 bits per heavy atom. The maximum atomic E-state index is 13.4. The van der Waals surface area contributed by atoms with Crippen molar-refractivity contribution in [3.63, 3.8) is 0 Å². The Bertz CT molecular complexity index is 943. The van der Waals surface area contributed by atoms with Gasteiger partial charge in [-0.15, -0.1) is 0 Å². The summed E-state index contributed by atoms with van der Waals surface area (Å²) in [6, 6.07) is 7.95. The molecule has 2 atom stereocenters. The molecular formula is C23H27N3O4. The number of ether oxygens (including phenoxy) is 1. The average molecular weight is 409 g/mol. The highest BCUT2D eigenvalue weighted by molar-refractivity contribution is 6.44. The minimum Gasteiger partial charge on any atom is -0.496 e. The lowest BCUT2D eigenvalue weighted by molar-refractivity contribution is -0.140. The molecule has 1 fully saturated rings. The maximum absolute atomic E-state index is 13.4. The molecule has 1 saturated heterocycles. The van der Waals surface area contributed by atoms with Gasteiger partial charge in [-0.05, 0) is 69.4 Å². The zero-order valence-corrected chi connectivity index (χ0v) is 17.8. The monoisotopic (exact) mass is 409 g/mol. The van der Waals surface area contributed by atoms with E-state index in [1.165, 1.54) is 4.90 Å². The number of ketones is 2. The molecule has 0 saturated carbocycles. The van der Waals surface area contributed by atoms with Gasteiger partial charge in [-0.3, -0.25) is 19.4 Å². The molecule has 2 aromatic rings. The number of aromatic nitrogens is 1. The van der Waals surface area contributed by atoms with Crippen LogP contribution in [0, 0.1) is 12.8 Å². The number of aryl methyl sites for hydroxylation is 1. The number of rotatable bonds is 8. The first kappa shape index (κ1) is 21.6. The SMILES string of the molecule is COc1ccc(C(=O)C2C(=O)C(=O)N(CCCN(C)C)C2c2cccnc2)cc1C. The van der Waals surface area contributed by atoms with Gasteiger partial charge in [0.15, 0.2) is 5.78 Å². The zero-order chi connectivity index (χ0) is 21.8. The van der Waals surface area contributed by atoms with E-state index in [0.717, 1.165) is 12.1 Å². The molecule has 0 bridgehead atoms. The molecule has 158 valence electrons. The molecule has 7 heteroatoms. The third-order valence-corrected chi connectivity index (χ3v) is 5.40. The van der Waals surface area contributed by atoms with Crippen molar-refractivity contribution in [3.05, 3.63) is 59.4 Å².